The Labute approximate surface area is 193 Å². The van der Waals surface area contributed by atoms with Crippen LogP contribution in [0.15, 0.2) is 0 Å². The van der Waals surface area contributed by atoms with Gasteiger partial charge >= 0.3 is 140 Å². The summed E-state index contributed by atoms with van der Waals surface area (Å²) in [5.74, 6) is 0. The Morgan fingerprint density at radius 1 is 0.923 bits per heavy atom. The van der Waals surface area contributed by atoms with Crippen molar-refractivity contribution in [1.29, 1.82) is 0 Å². The number of hydrogen-bond acceptors (Lipinski definition) is 7. The third kappa shape index (κ3) is 172. The molecule has 58 valence electrons. The van der Waals surface area contributed by atoms with E-state index in [0.717, 1.165) is 0 Å². The van der Waals surface area contributed by atoms with Crippen LogP contribution in [0.2, 0.25) is 0 Å². The molecule has 0 heterocycles. The molecular formula is CHIKNa3O7. The summed E-state index contributed by atoms with van der Waals surface area (Å²) in [6, 6.07) is 0. The van der Waals surface area contributed by atoms with Gasteiger partial charge in [-0.3, -0.25) is 0 Å². The number of carbonyl (C=O) groups excluding carboxylic acids is 1. The van der Waals surface area contributed by atoms with Crippen molar-refractivity contribution < 1.29 is 192 Å². The monoisotopic (exact) mass is 360 g/mol. The van der Waals surface area contributed by atoms with Crippen LogP contribution < -0.4 is 182 Å². The average molecular weight is 360 g/mol. The predicted octanol–water partition coefficient (Wildman–Crippen LogP) is -21.2. The first-order valence-corrected chi connectivity index (χ1v) is 3.72. The van der Waals surface area contributed by atoms with E-state index in [9.17, 15) is 0 Å². The average Bonchev–Trinajstić information content (AvgIpc) is 1.25. The van der Waals surface area contributed by atoms with Crippen molar-refractivity contribution >= 4 is 6.16 Å². The normalized spacial score (nSPS) is 4.62. The molecule has 0 aliphatic carbocycles. The second-order valence-corrected chi connectivity index (χ2v) is 1.52. The van der Waals surface area contributed by atoms with Crippen LogP contribution in [-0.4, -0.2) is 11.6 Å². The van der Waals surface area contributed by atoms with Crippen LogP contribution in [0.3, 0.4) is 0 Å². The third-order valence-corrected chi connectivity index (χ3v) is 0. The molecule has 0 saturated heterocycles. The maximum Gasteiger partial charge on any atom is 1.00 e. The number of rotatable bonds is 0. The second kappa shape index (κ2) is 36.0. The molecule has 0 fully saturated rings. The van der Waals surface area contributed by atoms with E-state index >= 15 is 0 Å². The van der Waals surface area contributed by atoms with Crippen molar-refractivity contribution in [3.05, 3.63) is 0 Å². The summed E-state index contributed by atoms with van der Waals surface area (Å²) in [5, 5.41) is 16.7. The van der Waals surface area contributed by atoms with Crippen molar-refractivity contribution in [2.45, 2.75) is 0 Å². The van der Waals surface area contributed by atoms with Crippen LogP contribution in [0.1, 0.15) is 0 Å². The van der Waals surface area contributed by atoms with Gasteiger partial charge in [-0.25, -0.2) is 0 Å². The third-order valence-electron chi connectivity index (χ3n) is 0. The van der Waals surface area contributed by atoms with Crippen LogP contribution in [-0.2, 0) is 0 Å². The molecule has 0 rings (SSSR count). The summed E-state index contributed by atoms with van der Waals surface area (Å²) in [7, 11) is 0. The van der Waals surface area contributed by atoms with Crippen molar-refractivity contribution in [2.24, 2.45) is 0 Å². The van der Waals surface area contributed by atoms with Gasteiger partial charge in [0, 0.05) is 0 Å². The van der Waals surface area contributed by atoms with Gasteiger partial charge in [-0.15, -0.1) is 0 Å². The quantitative estimate of drug-likeness (QED) is 0.306. The molecule has 0 aliphatic rings. The molecule has 12 heteroatoms. The molecule has 0 aromatic heterocycles. The predicted molar refractivity (Wildman–Crippen MR) is 7.33 cm³/mol. The Balaban J connectivity index is -0.00000000800. The number of hydrogen-bond donors (Lipinski definition) is 0. The Kier molecular flexibility index (Phi) is 120. The molecule has 0 saturated carbocycles. The van der Waals surface area contributed by atoms with Crippen LogP contribution in [0.25, 0.3) is 0 Å². The van der Waals surface area contributed by atoms with Gasteiger partial charge in [-0.2, -0.15) is 0 Å². The van der Waals surface area contributed by atoms with Crippen LogP contribution in [0.5, 0.6) is 0 Å². The number of carboxylic acid groups (broad SMARTS) is 2. The molecule has 1 N–H and O–H groups in total. The van der Waals surface area contributed by atoms with E-state index in [0.29, 0.717) is 0 Å². The minimum atomic E-state index is -4.01. The largest absolute Gasteiger partial charge is 1.00 e. The van der Waals surface area contributed by atoms with E-state index in [1.807, 2.05) is 0 Å². The van der Waals surface area contributed by atoms with E-state index in [-0.39, 0.29) is 146 Å². The van der Waals surface area contributed by atoms with Gasteiger partial charge in [0.05, 0.1) is 0 Å². The second-order valence-electron chi connectivity index (χ2n) is 0.439. The fourth-order valence-electron chi connectivity index (χ4n) is 0. The number of carbonyl (C=O) groups is 1. The van der Waals surface area contributed by atoms with E-state index < -0.39 is 27.2 Å². The molecule has 0 bridgehead atoms. The fraction of sp³-hybridized carbons (Fsp3) is 0. The van der Waals surface area contributed by atoms with Crippen LogP contribution in [0, 0.1) is 0 Å². The van der Waals surface area contributed by atoms with Crippen molar-refractivity contribution in [3.8, 4) is 0 Å². The Bertz CT molecular complexity index is 68.0. The first-order chi connectivity index (χ1) is 3.46. The smallest absolute Gasteiger partial charge is 0.870 e. The van der Waals surface area contributed by atoms with Gasteiger partial charge in [-0.05, 0) is 6.16 Å². The van der Waals surface area contributed by atoms with E-state index in [1.54, 1.807) is 0 Å². The Morgan fingerprint density at radius 3 is 0.923 bits per heavy atom. The zero-order chi connectivity index (χ0) is 7.15. The summed E-state index contributed by atoms with van der Waals surface area (Å²) >= 11 is -4.01. The van der Waals surface area contributed by atoms with Crippen molar-refractivity contribution in [2.75, 3.05) is 0 Å². The first kappa shape index (κ1) is 43.2. The summed E-state index contributed by atoms with van der Waals surface area (Å²) < 4.78 is 25.7. The summed E-state index contributed by atoms with van der Waals surface area (Å²) in [4.78, 5) is 8.33. The van der Waals surface area contributed by atoms with E-state index in [1.165, 1.54) is 0 Å². The summed E-state index contributed by atoms with van der Waals surface area (Å²) in [5.41, 5.74) is 0. The molecule has 0 aromatic rings. The van der Waals surface area contributed by atoms with Gasteiger partial charge in [-0.1, -0.05) is 0 Å². The Hall–Kier alpha value is 4.48. The fourth-order valence-corrected chi connectivity index (χ4v) is 0. The molecule has 0 radical (unpaired) electrons. The molecule has 0 atom stereocenters. The Morgan fingerprint density at radius 2 is 0.923 bits per heavy atom. The molecular weight excluding hydrogens is 359 g/mol. The standard InChI is InChI=1S/CH2O3.IO3.K.3Na.H2O/c2*2-1(3)4;;;;;/h(H2,2,3,4);;;;;;1H2/q;-1;4*+1;/p-3. The zero-order valence-corrected chi connectivity index (χ0v) is 19.1. The maximum absolute atomic E-state index is 8.57. The van der Waals surface area contributed by atoms with E-state index in [2.05, 4.69) is 0 Å². The maximum atomic E-state index is 8.57. The summed E-state index contributed by atoms with van der Waals surface area (Å²) in [6.07, 6.45) is -2.33. The van der Waals surface area contributed by atoms with Gasteiger partial charge in [0.2, 0.25) is 0 Å². The molecule has 0 aromatic carbocycles. The molecule has 0 spiro atoms. The molecule has 13 heavy (non-hydrogen) atoms. The van der Waals surface area contributed by atoms with E-state index in [4.69, 9.17) is 25.3 Å². The van der Waals surface area contributed by atoms with Crippen molar-refractivity contribution in [1.82, 2.24) is 0 Å². The number of halogens is 1. The van der Waals surface area contributed by atoms with Crippen LogP contribution in [0.4, 0.5) is 4.79 Å². The van der Waals surface area contributed by atoms with Crippen molar-refractivity contribution in [3.63, 3.8) is 0 Å². The SMILES string of the molecule is O=C([O-])[O-].[K+].[Na+].[Na+].[Na+].[O-][I+2]([O-])[O-].[OH-]. The minimum absolute atomic E-state index is 0. The zero-order valence-electron chi connectivity index (χ0n) is 7.77. The minimum Gasteiger partial charge on any atom is -0.870 e. The van der Waals surface area contributed by atoms with Gasteiger partial charge < -0.3 is 30.8 Å². The summed E-state index contributed by atoms with van der Waals surface area (Å²) in [6.45, 7) is 0. The van der Waals surface area contributed by atoms with Gasteiger partial charge in [0.25, 0.3) is 21.1 Å². The topological polar surface area (TPSA) is 162 Å². The van der Waals surface area contributed by atoms with Gasteiger partial charge in [0.1, 0.15) is 0 Å². The molecule has 0 amide bonds. The first-order valence-electron chi connectivity index (χ1n) is 1.08. The molecule has 0 unspecified atom stereocenters. The molecule has 7 nitrogen and oxygen atoms in total. The molecule has 0 aliphatic heterocycles. The van der Waals surface area contributed by atoms with Gasteiger partial charge in [0.15, 0.2) is 0 Å². The van der Waals surface area contributed by atoms with Crippen LogP contribution >= 0.6 is 0 Å².